The van der Waals surface area contributed by atoms with Crippen molar-refractivity contribution in [3.63, 3.8) is 0 Å². The van der Waals surface area contributed by atoms with Crippen molar-refractivity contribution in [1.82, 2.24) is 5.32 Å². The lowest BCUT2D eigenvalue weighted by Crippen LogP contribution is -2.42. The number of carboxylic acid groups (broad SMARTS) is 1. The van der Waals surface area contributed by atoms with Gasteiger partial charge in [0.25, 0.3) is 5.91 Å². The minimum Gasteiger partial charge on any atom is -0.493 e. The van der Waals surface area contributed by atoms with Crippen LogP contribution in [-0.4, -0.2) is 36.2 Å². The number of aliphatic carboxylic acids is 1. The molecule has 0 unspecified atom stereocenters. The molecule has 0 saturated carbocycles. The third-order valence-corrected chi connectivity index (χ3v) is 4.57. The summed E-state index contributed by atoms with van der Waals surface area (Å²) in [5.74, 6) is -1.85. The molecular formula is C20H19ClFNO5. The van der Waals surface area contributed by atoms with Crippen LogP contribution >= 0.6 is 11.6 Å². The molecule has 2 aromatic carbocycles. The first-order chi connectivity index (χ1) is 13.4. The van der Waals surface area contributed by atoms with Gasteiger partial charge >= 0.3 is 5.97 Å². The van der Waals surface area contributed by atoms with Crippen molar-refractivity contribution in [3.05, 3.63) is 58.4 Å². The van der Waals surface area contributed by atoms with Crippen molar-refractivity contribution in [2.75, 3.05) is 13.2 Å². The smallest absolute Gasteiger partial charge is 0.326 e. The number of halogens is 2. The summed E-state index contributed by atoms with van der Waals surface area (Å²) in [4.78, 5) is 24.3. The number of carbonyl (C=O) groups is 2. The maximum atomic E-state index is 13.7. The van der Waals surface area contributed by atoms with Gasteiger partial charge in [0.2, 0.25) is 0 Å². The number of hydrogen-bond acceptors (Lipinski definition) is 4. The van der Waals surface area contributed by atoms with Crippen LogP contribution in [-0.2, 0) is 11.2 Å². The molecule has 2 N–H and O–H groups in total. The van der Waals surface area contributed by atoms with Crippen LogP contribution in [0.1, 0.15) is 28.8 Å². The van der Waals surface area contributed by atoms with Crippen LogP contribution in [0.15, 0.2) is 36.4 Å². The van der Waals surface area contributed by atoms with Crippen molar-refractivity contribution < 1.29 is 28.6 Å². The number of rotatable bonds is 1. The van der Waals surface area contributed by atoms with Crippen molar-refractivity contribution in [3.8, 4) is 11.5 Å². The summed E-state index contributed by atoms with van der Waals surface area (Å²) < 4.78 is 24.9. The van der Waals surface area contributed by atoms with Gasteiger partial charge in [0.15, 0.2) is 0 Å². The Labute approximate surface area is 166 Å². The Morgan fingerprint density at radius 3 is 2.46 bits per heavy atom. The predicted octanol–water partition coefficient (Wildman–Crippen LogP) is 3.46. The van der Waals surface area contributed by atoms with E-state index >= 15 is 0 Å². The predicted molar refractivity (Wildman–Crippen MR) is 101 cm³/mol. The van der Waals surface area contributed by atoms with Gasteiger partial charge in [-0.05, 0) is 48.7 Å². The Hall–Kier alpha value is -2.80. The van der Waals surface area contributed by atoms with E-state index < -0.39 is 23.7 Å². The van der Waals surface area contributed by atoms with E-state index in [1.165, 1.54) is 12.1 Å². The van der Waals surface area contributed by atoms with Crippen LogP contribution in [0.3, 0.4) is 0 Å². The third kappa shape index (κ3) is 4.92. The molecule has 0 aromatic heterocycles. The Balaban J connectivity index is 1.93. The van der Waals surface area contributed by atoms with Gasteiger partial charge in [-0.25, -0.2) is 9.18 Å². The minimum atomic E-state index is -1.22. The lowest BCUT2D eigenvalue weighted by molar-refractivity contribution is -0.139. The highest BCUT2D eigenvalue weighted by Crippen LogP contribution is 2.27. The molecule has 0 spiro atoms. The topological polar surface area (TPSA) is 84.9 Å². The highest BCUT2D eigenvalue weighted by molar-refractivity contribution is 6.32. The van der Waals surface area contributed by atoms with Crippen molar-refractivity contribution in [2.45, 2.75) is 25.3 Å². The molecule has 2 aliphatic heterocycles. The summed E-state index contributed by atoms with van der Waals surface area (Å²) in [7, 11) is 0. The van der Waals surface area contributed by atoms with Crippen molar-refractivity contribution in [2.24, 2.45) is 0 Å². The maximum Gasteiger partial charge on any atom is 0.326 e. The first-order valence-electron chi connectivity index (χ1n) is 8.81. The summed E-state index contributed by atoms with van der Waals surface area (Å²) >= 11 is 6.21. The molecule has 2 aromatic rings. The molecule has 1 amide bonds. The molecule has 0 saturated heterocycles. The first-order valence-corrected chi connectivity index (χ1v) is 9.19. The Bertz CT molecular complexity index is 889. The zero-order valence-corrected chi connectivity index (χ0v) is 15.7. The summed E-state index contributed by atoms with van der Waals surface area (Å²) in [5, 5.41) is 12.3. The second-order valence-corrected chi connectivity index (χ2v) is 6.78. The SMILES string of the molecule is O=C1N[C@H](C(=O)O)Cc2ccc(c(Cl)c2)OCCCCOc2ccc(F)cc21. The summed E-state index contributed by atoms with van der Waals surface area (Å²) in [5.41, 5.74) is 0.566. The average molecular weight is 408 g/mol. The molecule has 28 heavy (non-hydrogen) atoms. The molecule has 6 nitrogen and oxygen atoms in total. The third-order valence-electron chi connectivity index (χ3n) is 4.28. The quantitative estimate of drug-likeness (QED) is 0.756. The molecule has 0 radical (unpaired) electrons. The van der Waals surface area contributed by atoms with E-state index in [0.29, 0.717) is 42.4 Å². The molecule has 8 heteroatoms. The minimum absolute atomic E-state index is 0.00653. The largest absolute Gasteiger partial charge is 0.493 e. The Kier molecular flexibility index (Phi) is 6.36. The zero-order valence-electron chi connectivity index (χ0n) is 14.9. The van der Waals surface area contributed by atoms with Gasteiger partial charge in [0.1, 0.15) is 23.4 Å². The van der Waals surface area contributed by atoms with Gasteiger partial charge in [0.05, 0.1) is 23.8 Å². The maximum absolute atomic E-state index is 13.7. The number of carboxylic acids is 1. The molecule has 2 aliphatic rings. The van der Waals surface area contributed by atoms with Crippen LogP contribution in [0, 0.1) is 5.82 Å². The van der Waals surface area contributed by atoms with E-state index in [-0.39, 0.29) is 17.7 Å². The molecule has 2 bridgehead atoms. The lowest BCUT2D eigenvalue weighted by Gasteiger charge is -2.18. The number of hydrogen-bond donors (Lipinski definition) is 2. The molecule has 2 heterocycles. The fraction of sp³-hybridized carbons (Fsp3) is 0.300. The van der Waals surface area contributed by atoms with E-state index in [0.717, 1.165) is 6.07 Å². The van der Waals surface area contributed by atoms with Crippen LogP contribution in [0.4, 0.5) is 4.39 Å². The number of carbonyl (C=O) groups excluding carboxylic acids is 1. The van der Waals surface area contributed by atoms with Gasteiger partial charge in [-0.3, -0.25) is 4.79 Å². The first kappa shape index (κ1) is 19.9. The van der Waals surface area contributed by atoms with Gasteiger partial charge in [-0.2, -0.15) is 0 Å². The Morgan fingerprint density at radius 2 is 1.79 bits per heavy atom. The highest BCUT2D eigenvalue weighted by atomic mass is 35.5. The van der Waals surface area contributed by atoms with E-state index in [9.17, 15) is 19.1 Å². The van der Waals surface area contributed by atoms with Crippen LogP contribution < -0.4 is 14.8 Å². The van der Waals surface area contributed by atoms with Crippen molar-refractivity contribution >= 4 is 23.5 Å². The average Bonchev–Trinajstić information content (AvgIpc) is 2.65. The van der Waals surface area contributed by atoms with Crippen molar-refractivity contribution in [1.29, 1.82) is 0 Å². The van der Waals surface area contributed by atoms with E-state index in [1.54, 1.807) is 18.2 Å². The number of ether oxygens (including phenoxy) is 2. The second kappa shape index (κ2) is 8.93. The summed E-state index contributed by atoms with van der Waals surface area (Å²) in [6, 6.07) is 7.34. The van der Waals surface area contributed by atoms with E-state index in [2.05, 4.69) is 5.32 Å². The monoisotopic (exact) mass is 407 g/mol. The standard InChI is InChI=1S/C20H19ClFNO5/c21-15-9-12-3-5-18(15)28-8-2-1-7-27-17-6-4-13(22)11-14(17)19(24)23-16(10-12)20(25)26/h3-6,9,11,16H,1-2,7-8,10H2,(H,23,24)(H,25,26)/t16-/m0/s1. The number of benzene rings is 2. The zero-order chi connectivity index (χ0) is 20.1. The van der Waals surface area contributed by atoms with Crippen LogP contribution in [0.5, 0.6) is 11.5 Å². The molecule has 0 aliphatic carbocycles. The molecular weight excluding hydrogens is 389 g/mol. The van der Waals surface area contributed by atoms with Gasteiger partial charge in [-0.15, -0.1) is 0 Å². The molecule has 1 atom stereocenters. The summed E-state index contributed by atoms with van der Waals surface area (Å²) in [6.45, 7) is 0.723. The fourth-order valence-electron chi connectivity index (χ4n) is 2.83. The number of fused-ring (bicyclic) bond motifs is 10. The number of nitrogens with one attached hydrogen (secondary N) is 1. The highest BCUT2D eigenvalue weighted by Gasteiger charge is 2.24. The van der Waals surface area contributed by atoms with E-state index in [1.807, 2.05) is 0 Å². The lowest BCUT2D eigenvalue weighted by atomic mass is 10.0. The van der Waals surface area contributed by atoms with Gasteiger partial charge in [0, 0.05) is 6.42 Å². The normalized spacial score (nSPS) is 17.8. The summed E-state index contributed by atoms with van der Waals surface area (Å²) in [6.07, 6.45) is 1.35. The molecule has 4 rings (SSSR count). The van der Waals surface area contributed by atoms with Gasteiger partial charge in [-0.1, -0.05) is 17.7 Å². The van der Waals surface area contributed by atoms with Crippen LogP contribution in [0.2, 0.25) is 5.02 Å². The molecule has 0 fully saturated rings. The van der Waals surface area contributed by atoms with Gasteiger partial charge < -0.3 is 19.9 Å². The molecule has 148 valence electrons. The van der Waals surface area contributed by atoms with Crippen LogP contribution in [0.25, 0.3) is 0 Å². The fourth-order valence-corrected chi connectivity index (χ4v) is 3.09. The van der Waals surface area contributed by atoms with E-state index in [4.69, 9.17) is 21.1 Å². The number of amides is 1. The Morgan fingerprint density at radius 1 is 1.11 bits per heavy atom. The second-order valence-electron chi connectivity index (χ2n) is 6.38.